The van der Waals surface area contributed by atoms with Gasteiger partial charge in [-0.2, -0.15) is 0 Å². The fourth-order valence-corrected chi connectivity index (χ4v) is 2.60. The number of carbonyl (C=O) groups excluding carboxylic acids is 1. The predicted octanol–water partition coefficient (Wildman–Crippen LogP) is 2.26. The van der Waals surface area contributed by atoms with E-state index in [1.807, 2.05) is 0 Å². The molecule has 2 heterocycles. The van der Waals surface area contributed by atoms with Crippen molar-refractivity contribution in [2.24, 2.45) is 5.41 Å². The first-order valence-electron chi connectivity index (χ1n) is 6.04. The van der Waals surface area contributed by atoms with E-state index in [1.54, 1.807) is 25.3 Å². The molecular formula is C12H12Cl2N4O2. The molecule has 0 spiro atoms. The Balaban J connectivity index is 1.61. The van der Waals surface area contributed by atoms with Crippen LogP contribution in [-0.4, -0.2) is 25.4 Å². The maximum absolute atomic E-state index is 12.0. The molecule has 0 bridgehead atoms. The van der Waals surface area contributed by atoms with E-state index >= 15 is 0 Å². The lowest BCUT2D eigenvalue weighted by molar-refractivity contribution is -0.126. The molecule has 1 aliphatic rings. The number of carbonyl (C=O) groups is 1. The molecule has 0 aromatic carbocycles. The standard InChI is InChI=1S/C12H12Cl2N4O2/c1-11(6-12(11,13)14)10(19)15-5-8-16-9(18-17-8)7-3-2-4-20-7/h2-4H,5-6H2,1H3,(H,15,19)(H,16,17,18)/t11-/m1/s1. The number of nitrogens with zero attached hydrogens (tertiary/aromatic N) is 2. The van der Waals surface area contributed by atoms with Crippen molar-refractivity contribution < 1.29 is 9.21 Å². The summed E-state index contributed by atoms with van der Waals surface area (Å²) in [5.41, 5.74) is -0.736. The van der Waals surface area contributed by atoms with E-state index in [0.717, 1.165) is 0 Å². The van der Waals surface area contributed by atoms with Crippen LogP contribution in [0.4, 0.5) is 0 Å². The summed E-state index contributed by atoms with van der Waals surface area (Å²) in [7, 11) is 0. The molecule has 0 aliphatic heterocycles. The summed E-state index contributed by atoms with van der Waals surface area (Å²) < 4.78 is 4.21. The number of hydrogen-bond donors (Lipinski definition) is 2. The number of aromatic nitrogens is 3. The van der Waals surface area contributed by atoms with Crippen LogP contribution in [0.1, 0.15) is 19.2 Å². The smallest absolute Gasteiger partial charge is 0.229 e. The lowest BCUT2D eigenvalue weighted by atomic mass is 10.1. The van der Waals surface area contributed by atoms with Crippen LogP contribution in [0.25, 0.3) is 11.6 Å². The Labute approximate surface area is 124 Å². The lowest BCUT2D eigenvalue weighted by Crippen LogP contribution is -2.33. The van der Waals surface area contributed by atoms with Crippen LogP contribution in [0.2, 0.25) is 0 Å². The van der Waals surface area contributed by atoms with Gasteiger partial charge >= 0.3 is 0 Å². The van der Waals surface area contributed by atoms with Crippen molar-refractivity contribution >= 4 is 29.1 Å². The first kappa shape index (κ1) is 13.5. The van der Waals surface area contributed by atoms with Gasteiger partial charge in [-0.05, 0) is 25.5 Å². The normalized spacial score (nSPS) is 23.6. The molecule has 1 aliphatic carbocycles. The first-order chi connectivity index (χ1) is 9.42. The second-order valence-electron chi connectivity index (χ2n) is 4.98. The molecule has 20 heavy (non-hydrogen) atoms. The summed E-state index contributed by atoms with van der Waals surface area (Å²) in [5, 5.41) is 9.49. The van der Waals surface area contributed by atoms with E-state index in [9.17, 15) is 4.79 Å². The second kappa shape index (κ2) is 4.49. The van der Waals surface area contributed by atoms with Crippen molar-refractivity contribution in [1.29, 1.82) is 0 Å². The average Bonchev–Trinajstić information content (AvgIpc) is 2.92. The third-order valence-corrected chi connectivity index (χ3v) is 4.55. The van der Waals surface area contributed by atoms with E-state index in [2.05, 4.69) is 20.5 Å². The monoisotopic (exact) mass is 314 g/mol. The fraction of sp³-hybridized carbons (Fsp3) is 0.417. The van der Waals surface area contributed by atoms with Gasteiger partial charge in [0.2, 0.25) is 11.7 Å². The Hall–Kier alpha value is -1.53. The number of halogens is 2. The third kappa shape index (κ3) is 2.19. The van der Waals surface area contributed by atoms with Crippen LogP contribution in [0, 0.1) is 5.41 Å². The molecular weight excluding hydrogens is 303 g/mol. The molecule has 8 heteroatoms. The number of alkyl halides is 2. The molecule has 0 unspecified atom stereocenters. The quantitative estimate of drug-likeness (QED) is 0.848. The van der Waals surface area contributed by atoms with Gasteiger partial charge in [0.25, 0.3) is 0 Å². The minimum Gasteiger partial charge on any atom is -0.461 e. The average molecular weight is 315 g/mol. The van der Waals surface area contributed by atoms with Crippen LogP contribution in [0.15, 0.2) is 22.8 Å². The maximum atomic E-state index is 12.0. The summed E-state index contributed by atoms with van der Waals surface area (Å²) >= 11 is 11.9. The van der Waals surface area contributed by atoms with Crippen molar-refractivity contribution in [3.8, 4) is 11.6 Å². The van der Waals surface area contributed by atoms with Crippen molar-refractivity contribution in [1.82, 2.24) is 20.5 Å². The highest BCUT2D eigenvalue weighted by Crippen LogP contribution is 2.63. The summed E-state index contributed by atoms with van der Waals surface area (Å²) in [4.78, 5) is 16.2. The van der Waals surface area contributed by atoms with Gasteiger partial charge in [-0.15, -0.1) is 28.3 Å². The summed E-state index contributed by atoms with van der Waals surface area (Å²) in [6.45, 7) is 1.96. The van der Waals surface area contributed by atoms with Crippen LogP contribution in [0.5, 0.6) is 0 Å². The number of rotatable bonds is 4. The molecule has 2 aromatic rings. The highest BCUT2D eigenvalue weighted by molar-refractivity contribution is 6.53. The number of H-pyrrole nitrogens is 1. The molecule has 2 N–H and O–H groups in total. The zero-order valence-corrected chi connectivity index (χ0v) is 12.1. The van der Waals surface area contributed by atoms with Crippen LogP contribution in [-0.2, 0) is 11.3 Å². The summed E-state index contributed by atoms with van der Waals surface area (Å²) in [6, 6.07) is 3.51. The Bertz CT molecular complexity index is 638. The Morgan fingerprint density at radius 1 is 1.60 bits per heavy atom. The molecule has 2 aromatic heterocycles. The fourth-order valence-electron chi connectivity index (χ4n) is 1.90. The van der Waals surface area contributed by atoms with Crippen molar-refractivity contribution in [2.75, 3.05) is 0 Å². The van der Waals surface area contributed by atoms with Gasteiger partial charge in [-0.1, -0.05) is 0 Å². The summed E-state index contributed by atoms with van der Waals surface area (Å²) in [5.74, 6) is 1.34. The predicted molar refractivity (Wildman–Crippen MR) is 73.1 cm³/mol. The van der Waals surface area contributed by atoms with Crippen molar-refractivity contribution in [2.45, 2.75) is 24.2 Å². The molecule has 0 radical (unpaired) electrons. The molecule has 106 valence electrons. The number of aromatic amines is 1. The van der Waals surface area contributed by atoms with Gasteiger partial charge in [-0.3, -0.25) is 9.89 Å². The van der Waals surface area contributed by atoms with Crippen molar-refractivity contribution in [3.05, 3.63) is 24.2 Å². The second-order valence-corrected chi connectivity index (χ2v) is 6.46. The van der Waals surface area contributed by atoms with Crippen LogP contribution < -0.4 is 5.32 Å². The molecule has 6 nitrogen and oxygen atoms in total. The Morgan fingerprint density at radius 3 is 2.95 bits per heavy atom. The highest BCUT2D eigenvalue weighted by atomic mass is 35.5. The first-order valence-corrected chi connectivity index (χ1v) is 6.79. The van der Waals surface area contributed by atoms with E-state index in [0.29, 0.717) is 23.8 Å². The van der Waals surface area contributed by atoms with Crippen LogP contribution in [0.3, 0.4) is 0 Å². The SMILES string of the molecule is C[C@]1(C(=O)NCc2nc(-c3ccco3)n[nH]2)CC1(Cl)Cl. The Morgan fingerprint density at radius 2 is 2.35 bits per heavy atom. The van der Waals surface area contributed by atoms with E-state index in [-0.39, 0.29) is 12.5 Å². The molecule has 3 rings (SSSR count). The zero-order chi connectivity index (χ0) is 14.4. The third-order valence-electron chi connectivity index (χ3n) is 3.45. The van der Waals surface area contributed by atoms with Gasteiger partial charge < -0.3 is 9.73 Å². The number of furan rings is 1. The van der Waals surface area contributed by atoms with Gasteiger partial charge in [-0.25, -0.2) is 4.98 Å². The molecule has 1 atom stereocenters. The highest BCUT2D eigenvalue weighted by Gasteiger charge is 2.67. The molecule has 1 amide bonds. The van der Waals surface area contributed by atoms with Gasteiger partial charge in [0.05, 0.1) is 18.2 Å². The van der Waals surface area contributed by atoms with Gasteiger partial charge in [0.1, 0.15) is 10.2 Å². The molecule has 0 saturated heterocycles. The van der Waals surface area contributed by atoms with Gasteiger partial charge in [0.15, 0.2) is 5.76 Å². The lowest BCUT2D eigenvalue weighted by Gasteiger charge is -2.11. The maximum Gasteiger partial charge on any atom is 0.229 e. The van der Waals surface area contributed by atoms with Crippen LogP contribution >= 0.6 is 23.2 Å². The number of nitrogens with one attached hydrogen (secondary N) is 2. The zero-order valence-electron chi connectivity index (χ0n) is 10.6. The Kier molecular flexibility index (Phi) is 3.02. The summed E-state index contributed by atoms with van der Waals surface area (Å²) in [6.07, 6.45) is 1.99. The topological polar surface area (TPSA) is 83.8 Å². The molecule has 1 saturated carbocycles. The largest absolute Gasteiger partial charge is 0.461 e. The van der Waals surface area contributed by atoms with Crippen molar-refractivity contribution in [3.63, 3.8) is 0 Å². The minimum absolute atomic E-state index is 0.196. The number of hydrogen-bond acceptors (Lipinski definition) is 4. The molecule has 1 fully saturated rings. The van der Waals surface area contributed by atoms with E-state index in [4.69, 9.17) is 27.6 Å². The minimum atomic E-state index is -0.974. The number of amides is 1. The van der Waals surface area contributed by atoms with Gasteiger partial charge in [0, 0.05) is 0 Å². The van der Waals surface area contributed by atoms with E-state index in [1.165, 1.54) is 0 Å². The van der Waals surface area contributed by atoms with E-state index < -0.39 is 9.75 Å².